The molecule has 2 atom stereocenters. The van der Waals surface area contributed by atoms with Crippen molar-refractivity contribution >= 4 is 28.4 Å². The summed E-state index contributed by atoms with van der Waals surface area (Å²) in [6.07, 6.45) is 3.31. The molecule has 0 bridgehead atoms. The number of aliphatic hydroxyl groups excluding tert-OH is 1. The molecule has 6 heteroatoms. The first-order valence-corrected chi connectivity index (χ1v) is 6.25. The van der Waals surface area contributed by atoms with Crippen LogP contribution in [0, 0.1) is 3.57 Å². The maximum Gasteiger partial charge on any atom is 0.145 e. The minimum absolute atomic E-state index is 0.0441. The van der Waals surface area contributed by atoms with Crippen molar-refractivity contribution < 1.29 is 9.84 Å². The van der Waals surface area contributed by atoms with Crippen LogP contribution in [0.15, 0.2) is 12.5 Å². The normalized spacial score (nSPS) is 25.8. The summed E-state index contributed by atoms with van der Waals surface area (Å²) in [5.41, 5.74) is 0. The van der Waals surface area contributed by atoms with Crippen LogP contribution < -0.4 is 4.90 Å². The molecule has 1 aromatic rings. The molecule has 1 aromatic heterocycles. The Morgan fingerprint density at radius 3 is 3.12 bits per heavy atom. The van der Waals surface area contributed by atoms with Gasteiger partial charge in [-0.1, -0.05) is 0 Å². The maximum atomic E-state index is 9.16. The van der Waals surface area contributed by atoms with Gasteiger partial charge >= 0.3 is 0 Å². The van der Waals surface area contributed by atoms with E-state index in [0.29, 0.717) is 6.54 Å². The number of hydrogen-bond donors (Lipinski definition) is 1. The number of ether oxygens (including phenoxy) is 1. The number of aromatic nitrogens is 2. The first-order valence-electron chi connectivity index (χ1n) is 5.17. The fourth-order valence-electron chi connectivity index (χ4n) is 1.86. The van der Waals surface area contributed by atoms with Crippen LogP contribution >= 0.6 is 22.6 Å². The van der Waals surface area contributed by atoms with E-state index in [-0.39, 0.29) is 18.8 Å². The van der Waals surface area contributed by atoms with Crippen LogP contribution in [0.3, 0.4) is 0 Å². The number of hydrogen-bond acceptors (Lipinski definition) is 5. The molecule has 1 aliphatic heterocycles. The molecule has 16 heavy (non-hydrogen) atoms. The fraction of sp³-hybridized carbons (Fsp3) is 0.600. The van der Waals surface area contributed by atoms with E-state index < -0.39 is 0 Å². The van der Waals surface area contributed by atoms with Gasteiger partial charge < -0.3 is 14.7 Å². The lowest BCUT2D eigenvalue weighted by atomic mass is 10.2. The van der Waals surface area contributed by atoms with Gasteiger partial charge in [0, 0.05) is 19.3 Å². The number of morpholine rings is 1. The van der Waals surface area contributed by atoms with Crippen molar-refractivity contribution in [3.63, 3.8) is 0 Å². The lowest BCUT2D eigenvalue weighted by Gasteiger charge is -2.37. The smallest absolute Gasteiger partial charge is 0.145 e. The summed E-state index contributed by atoms with van der Waals surface area (Å²) in [5.74, 6) is 0.921. The summed E-state index contributed by atoms with van der Waals surface area (Å²) in [5, 5.41) is 9.16. The van der Waals surface area contributed by atoms with Gasteiger partial charge in [0.1, 0.15) is 12.1 Å². The second kappa shape index (κ2) is 5.24. The highest BCUT2D eigenvalue weighted by atomic mass is 127. The third-order valence-electron chi connectivity index (χ3n) is 2.48. The molecular formula is C10H14IN3O2. The zero-order chi connectivity index (χ0) is 11.5. The standard InChI is InChI=1S/C10H14IN3O2/c1-7-3-14(4-8(5-15)16-7)10-9(11)2-12-6-13-10/h2,6-8,15H,3-5H2,1H3. The molecule has 2 heterocycles. The SMILES string of the molecule is CC1CN(c2ncncc2I)CC(CO)O1. The van der Waals surface area contributed by atoms with Crippen molar-refractivity contribution in [2.45, 2.75) is 19.1 Å². The largest absolute Gasteiger partial charge is 0.394 e. The highest BCUT2D eigenvalue weighted by molar-refractivity contribution is 14.1. The van der Waals surface area contributed by atoms with E-state index in [4.69, 9.17) is 9.84 Å². The van der Waals surface area contributed by atoms with Gasteiger partial charge in [-0.05, 0) is 29.5 Å². The van der Waals surface area contributed by atoms with Gasteiger partial charge in [-0.3, -0.25) is 0 Å². The molecular weight excluding hydrogens is 321 g/mol. The Bertz CT molecular complexity index is 364. The van der Waals surface area contributed by atoms with E-state index in [0.717, 1.165) is 15.9 Å². The number of aliphatic hydroxyl groups is 1. The number of anilines is 1. The van der Waals surface area contributed by atoms with Crippen LogP contribution in [0.2, 0.25) is 0 Å². The molecule has 1 fully saturated rings. The van der Waals surface area contributed by atoms with Crippen molar-refractivity contribution in [2.75, 3.05) is 24.6 Å². The molecule has 0 spiro atoms. The average Bonchev–Trinajstić information content (AvgIpc) is 2.28. The fourth-order valence-corrected chi connectivity index (χ4v) is 2.50. The summed E-state index contributed by atoms with van der Waals surface area (Å²) in [6, 6.07) is 0. The van der Waals surface area contributed by atoms with Crippen molar-refractivity contribution in [1.82, 2.24) is 9.97 Å². The Balaban J connectivity index is 2.17. The molecule has 88 valence electrons. The lowest BCUT2D eigenvalue weighted by molar-refractivity contribution is -0.0423. The van der Waals surface area contributed by atoms with Crippen LogP contribution in [0.4, 0.5) is 5.82 Å². The molecule has 2 rings (SSSR count). The van der Waals surface area contributed by atoms with Gasteiger partial charge in [0.2, 0.25) is 0 Å². The predicted octanol–water partition coefficient (Wildman–Crippen LogP) is 0.667. The second-order valence-corrected chi connectivity index (χ2v) is 5.01. The van der Waals surface area contributed by atoms with E-state index in [1.165, 1.54) is 0 Å². The minimum Gasteiger partial charge on any atom is -0.394 e. The highest BCUT2D eigenvalue weighted by Gasteiger charge is 2.26. The molecule has 1 aliphatic rings. The van der Waals surface area contributed by atoms with Crippen molar-refractivity contribution in [1.29, 1.82) is 0 Å². The summed E-state index contributed by atoms with van der Waals surface area (Å²) in [7, 11) is 0. The zero-order valence-corrected chi connectivity index (χ0v) is 11.2. The van der Waals surface area contributed by atoms with Gasteiger partial charge in [-0.25, -0.2) is 9.97 Å². The van der Waals surface area contributed by atoms with E-state index >= 15 is 0 Å². The van der Waals surface area contributed by atoms with Gasteiger partial charge in [-0.2, -0.15) is 0 Å². The Kier molecular flexibility index (Phi) is 3.93. The van der Waals surface area contributed by atoms with E-state index in [1.807, 2.05) is 6.92 Å². The monoisotopic (exact) mass is 335 g/mol. The molecule has 0 amide bonds. The molecule has 0 aliphatic carbocycles. The van der Waals surface area contributed by atoms with E-state index in [2.05, 4.69) is 37.5 Å². The van der Waals surface area contributed by atoms with Crippen LogP contribution in [-0.4, -0.2) is 47.0 Å². The predicted molar refractivity (Wildman–Crippen MR) is 68.4 cm³/mol. The van der Waals surface area contributed by atoms with Crippen LogP contribution in [0.25, 0.3) is 0 Å². The molecule has 0 radical (unpaired) electrons. The van der Waals surface area contributed by atoms with Gasteiger partial charge in [-0.15, -0.1) is 0 Å². The molecule has 1 N–H and O–H groups in total. The van der Waals surface area contributed by atoms with E-state index in [9.17, 15) is 0 Å². The summed E-state index contributed by atoms with van der Waals surface area (Å²) >= 11 is 2.22. The molecule has 0 saturated carbocycles. The van der Waals surface area contributed by atoms with Gasteiger partial charge in [0.05, 0.1) is 22.4 Å². The quantitative estimate of drug-likeness (QED) is 0.805. The maximum absolute atomic E-state index is 9.16. The number of nitrogens with zero attached hydrogens (tertiary/aromatic N) is 3. The Labute approximate surface area is 108 Å². The topological polar surface area (TPSA) is 58.5 Å². The Hall–Kier alpha value is -0.470. The lowest BCUT2D eigenvalue weighted by Crippen LogP contribution is -2.48. The highest BCUT2D eigenvalue weighted by Crippen LogP contribution is 2.22. The Morgan fingerprint density at radius 1 is 1.62 bits per heavy atom. The summed E-state index contributed by atoms with van der Waals surface area (Å²) in [4.78, 5) is 10.4. The Morgan fingerprint density at radius 2 is 2.44 bits per heavy atom. The van der Waals surface area contributed by atoms with Crippen LogP contribution in [0.1, 0.15) is 6.92 Å². The second-order valence-electron chi connectivity index (χ2n) is 3.85. The van der Waals surface area contributed by atoms with E-state index in [1.54, 1.807) is 12.5 Å². The van der Waals surface area contributed by atoms with Crippen molar-refractivity contribution in [3.8, 4) is 0 Å². The van der Waals surface area contributed by atoms with Crippen molar-refractivity contribution in [2.24, 2.45) is 0 Å². The first-order chi connectivity index (χ1) is 7.70. The van der Waals surface area contributed by atoms with Crippen molar-refractivity contribution in [3.05, 3.63) is 16.1 Å². The summed E-state index contributed by atoms with van der Waals surface area (Å²) < 4.78 is 6.61. The molecule has 2 unspecified atom stereocenters. The number of rotatable bonds is 2. The molecule has 1 saturated heterocycles. The van der Waals surface area contributed by atoms with Crippen LogP contribution in [-0.2, 0) is 4.74 Å². The first kappa shape index (κ1) is 12.0. The average molecular weight is 335 g/mol. The molecule has 5 nitrogen and oxygen atoms in total. The number of halogens is 1. The summed E-state index contributed by atoms with van der Waals surface area (Å²) in [6.45, 7) is 3.52. The van der Waals surface area contributed by atoms with Gasteiger partial charge in [0.15, 0.2) is 0 Å². The third-order valence-corrected chi connectivity index (χ3v) is 3.24. The molecule has 0 aromatic carbocycles. The zero-order valence-electron chi connectivity index (χ0n) is 9.01. The van der Waals surface area contributed by atoms with Gasteiger partial charge in [0.25, 0.3) is 0 Å². The van der Waals surface area contributed by atoms with Crippen LogP contribution in [0.5, 0.6) is 0 Å². The minimum atomic E-state index is -0.130. The third kappa shape index (κ3) is 2.61.